The van der Waals surface area contributed by atoms with Gasteiger partial charge < -0.3 is 4.74 Å². The van der Waals surface area contributed by atoms with Crippen LogP contribution in [-0.4, -0.2) is 28.2 Å². The molecule has 0 aromatic carbocycles. The zero-order valence-electron chi connectivity index (χ0n) is 10.5. The Bertz CT molecular complexity index is 471. The Kier molecular flexibility index (Phi) is 6.79. The zero-order chi connectivity index (χ0) is 13.6. The fourth-order valence-corrected chi connectivity index (χ4v) is 4.89. The molecule has 0 aliphatic rings. The maximum atomic E-state index is 12.0. The molecule has 1 rings (SSSR count). The SMILES string of the molecule is CCCOCCCNS(=O)(=O)c1cc(Br)sc1C. The van der Waals surface area contributed by atoms with E-state index in [1.165, 1.54) is 11.3 Å². The molecule has 0 unspecified atom stereocenters. The van der Waals surface area contributed by atoms with E-state index < -0.39 is 10.0 Å². The Labute approximate surface area is 121 Å². The predicted molar refractivity (Wildman–Crippen MR) is 77.7 cm³/mol. The summed E-state index contributed by atoms with van der Waals surface area (Å²) < 4.78 is 32.7. The molecule has 104 valence electrons. The highest BCUT2D eigenvalue weighted by Gasteiger charge is 2.18. The highest BCUT2D eigenvalue weighted by atomic mass is 79.9. The average molecular weight is 356 g/mol. The first-order valence-corrected chi connectivity index (χ1v) is 8.90. The minimum atomic E-state index is -3.39. The first kappa shape index (κ1) is 16.1. The molecule has 0 amide bonds. The molecule has 0 radical (unpaired) electrons. The average Bonchev–Trinajstić information content (AvgIpc) is 2.63. The molecule has 0 saturated heterocycles. The molecular formula is C11H18BrNO3S2. The minimum absolute atomic E-state index is 0.355. The van der Waals surface area contributed by atoms with Crippen molar-refractivity contribution in [1.82, 2.24) is 4.72 Å². The minimum Gasteiger partial charge on any atom is -0.381 e. The molecule has 1 aromatic heterocycles. The maximum Gasteiger partial charge on any atom is 0.241 e. The summed E-state index contributed by atoms with van der Waals surface area (Å²) in [5.41, 5.74) is 0. The van der Waals surface area contributed by atoms with Crippen LogP contribution >= 0.6 is 27.3 Å². The van der Waals surface area contributed by atoms with Gasteiger partial charge in [0.05, 0.1) is 8.68 Å². The number of hydrogen-bond donors (Lipinski definition) is 1. The van der Waals surface area contributed by atoms with Crippen molar-refractivity contribution in [1.29, 1.82) is 0 Å². The lowest BCUT2D eigenvalue weighted by atomic mass is 10.4. The summed E-state index contributed by atoms with van der Waals surface area (Å²) >= 11 is 4.71. The highest BCUT2D eigenvalue weighted by molar-refractivity contribution is 9.11. The first-order chi connectivity index (χ1) is 8.47. The van der Waals surface area contributed by atoms with E-state index in [9.17, 15) is 8.42 Å². The molecule has 0 aliphatic heterocycles. The quantitative estimate of drug-likeness (QED) is 0.729. The van der Waals surface area contributed by atoms with E-state index in [1.807, 2.05) is 6.92 Å². The fourth-order valence-electron chi connectivity index (χ4n) is 1.40. The molecule has 7 heteroatoms. The van der Waals surface area contributed by atoms with Crippen molar-refractivity contribution >= 4 is 37.3 Å². The molecule has 1 aromatic rings. The fraction of sp³-hybridized carbons (Fsp3) is 0.636. The predicted octanol–water partition coefficient (Wildman–Crippen LogP) is 2.91. The Hall–Kier alpha value is 0.0500. The summed E-state index contributed by atoms with van der Waals surface area (Å²) in [5.74, 6) is 0. The van der Waals surface area contributed by atoms with Gasteiger partial charge >= 0.3 is 0 Å². The molecule has 0 aliphatic carbocycles. The van der Waals surface area contributed by atoms with Crippen LogP contribution in [0.3, 0.4) is 0 Å². The molecule has 0 bridgehead atoms. The van der Waals surface area contributed by atoms with Gasteiger partial charge in [-0.05, 0) is 41.8 Å². The van der Waals surface area contributed by atoms with Gasteiger partial charge in [-0.25, -0.2) is 13.1 Å². The molecule has 0 saturated carbocycles. The standard InChI is InChI=1S/C11H18BrNO3S2/c1-3-6-16-7-4-5-13-18(14,15)10-8-11(12)17-9(10)2/h8,13H,3-7H2,1-2H3. The molecule has 18 heavy (non-hydrogen) atoms. The van der Waals surface area contributed by atoms with Crippen molar-refractivity contribution in [3.63, 3.8) is 0 Å². The molecule has 4 nitrogen and oxygen atoms in total. The first-order valence-electron chi connectivity index (χ1n) is 5.80. The summed E-state index contributed by atoms with van der Waals surface area (Å²) in [7, 11) is -3.39. The largest absolute Gasteiger partial charge is 0.381 e. The van der Waals surface area contributed by atoms with Crippen LogP contribution in [0.4, 0.5) is 0 Å². The molecular weight excluding hydrogens is 338 g/mol. The smallest absolute Gasteiger partial charge is 0.241 e. The summed E-state index contributed by atoms with van der Waals surface area (Å²) in [6, 6.07) is 1.63. The van der Waals surface area contributed by atoms with E-state index in [4.69, 9.17) is 4.74 Å². The van der Waals surface area contributed by atoms with Gasteiger partial charge in [-0.15, -0.1) is 11.3 Å². The summed E-state index contributed by atoms with van der Waals surface area (Å²) in [6.45, 7) is 5.55. The molecule has 0 fully saturated rings. The van der Waals surface area contributed by atoms with Crippen LogP contribution in [0.5, 0.6) is 0 Å². The number of hydrogen-bond acceptors (Lipinski definition) is 4. The third-order valence-corrected chi connectivity index (χ3v) is 5.51. The molecule has 1 heterocycles. The summed E-state index contributed by atoms with van der Waals surface area (Å²) in [6.07, 6.45) is 1.66. The van der Waals surface area contributed by atoms with Crippen molar-refractivity contribution in [3.05, 3.63) is 14.7 Å². The third-order valence-electron chi connectivity index (χ3n) is 2.24. The van der Waals surface area contributed by atoms with E-state index in [2.05, 4.69) is 20.7 Å². The van der Waals surface area contributed by atoms with Crippen molar-refractivity contribution in [2.45, 2.75) is 31.6 Å². The van der Waals surface area contributed by atoms with Gasteiger partial charge in [0.15, 0.2) is 0 Å². The van der Waals surface area contributed by atoms with E-state index in [1.54, 1.807) is 13.0 Å². The summed E-state index contributed by atoms with van der Waals surface area (Å²) in [4.78, 5) is 1.14. The number of rotatable bonds is 8. The zero-order valence-corrected chi connectivity index (χ0v) is 13.8. The van der Waals surface area contributed by atoms with Crippen molar-refractivity contribution in [2.24, 2.45) is 0 Å². The number of ether oxygens (including phenoxy) is 1. The van der Waals surface area contributed by atoms with Crippen LogP contribution in [0.25, 0.3) is 0 Å². The van der Waals surface area contributed by atoms with Gasteiger partial charge in [0, 0.05) is 24.6 Å². The van der Waals surface area contributed by atoms with Gasteiger partial charge in [0.1, 0.15) is 0 Å². The Morgan fingerprint density at radius 3 is 2.72 bits per heavy atom. The Morgan fingerprint density at radius 1 is 1.44 bits per heavy atom. The van der Waals surface area contributed by atoms with Crippen LogP contribution in [0.1, 0.15) is 24.6 Å². The van der Waals surface area contributed by atoms with Gasteiger partial charge in [-0.1, -0.05) is 6.92 Å². The summed E-state index contributed by atoms with van der Waals surface area (Å²) in [5, 5.41) is 0. The van der Waals surface area contributed by atoms with Crippen LogP contribution in [0, 0.1) is 6.92 Å². The molecule has 0 atom stereocenters. The Balaban J connectivity index is 2.43. The maximum absolute atomic E-state index is 12.0. The second kappa shape index (κ2) is 7.59. The van der Waals surface area contributed by atoms with Crippen LogP contribution in [-0.2, 0) is 14.8 Å². The van der Waals surface area contributed by atoms with Gasteiger partial charge in [0.2, 0.25) is 10.0 Å². The van der Waals surface area contributed by atoms with Crippen molar-refractivity contribution in [3.8, 4) is 0 Å². The molecule has 1 N–H and O–H groups in total. The lowest BCUT2D eigenvalue weighted by Gasteiger charge is -2.06. The molecule has 0 spiro atoms. The monoisotopic (exact) mass is 355 g/mol. The lowest BCUT2D eigenvalue weighted by Crippen LogP contribution is -2.25. The Morgan fingerprint density at radius 2 is 2.17 bits per heavy atom. The highest BCUT2D eigenvalue weighted by Crippen LogP contribution is 2.29. The van der Waals surface area contributed by atoms with Gasteiger partial charge in [-0.2, -0.15) is 0 Å². The topological polar surface area (TPSA) is 55.4 Å². The van der Waals surface area contributed by atoms with Gasteiger partial charge in [-0.3, -0.25) is 0 Å². The lowest BCUT2D eigenvalue weighted by molar-refractivity contribution is 0.133. The van der Waals surface area contributed by atoms with Crippen LogP contribution < -0.4 is 4.72 Å². The van der Waals surface area contributed by atoms with E-state index in [0.717, 1.165) is 21.7 Å². The van der Waals surface area contributed by atoms with E-state index in [-0.39, 0.29) is 0 Å². The third kappa shape index (κ3) is 4.97. The second-order valence-electron chi connectivity index (χ2n) is 3.83. The second-order valence-corrected chi connectivity index (χ2v) is 8.21. The van der Waals surface area contributed by atoms with Crippen LogP contribution in [0.15, 0.2) is 14.7 Å². The number of sulfonamides is 1. The number of halogens is 1. The number of nitrogens with one attached hydrogen (secondary N) is 1. The van der Waals surface area contributed by atoms with E-state index in [0.29, 0.717) is 24.5 Å². The van der Waals surface area contributed by atoms with Crippen molar-refractivity contribution in [2.75, 3.05) is 19.8 Å². The van der Waals surface area contributed by atoms with E-state index >= 15 is 0 Å². The van der Waals surface area contributed by atoms with Crippen LogP contribution in [0.2, 0.25) is 0 Å². The number of aryl methyl sites for hydroxylation is 1. The van der Waals surface area contributed by atoms with Gasteiger partial charge in [0.25, 0.3) is 0 Å². The number of thiophene rings is 1. The van der Waals surface area contributed by atoms with Crippen molar-refractivity contribution < 1.29 is 13.2 Å². The normalized spacial score (nSPS) is 11.9.